The highest BCUT2D eigenvalue weighted by Crippen LogP contribution is 2.31. The van der Waals surface area contributed by atoms with Gasteiger partial charge in [0.2, 0.25) is 0 Å². The zero-order valence-electron chi connectivity index (χ0n) is 16.6. The van der Waals surface area contributed by atoms with E-state index in [0.29, 0.717) is 21.3 Å². The van der Waals surface area contributed by atoms with E-state index < -0.39 is 17.1 Å². The van der Waals surface area contributed by atoms with Crippen molar-refractivity contribution in [2.45, 2.75) is 5.60 Å². The molecular formula is C24H17N3O3S2. The lowest BCUT2D eigenvalue weighted by molar-refractivity contribution is -0.132. The summed E-state index contributed by atoms with van der Waals surface area (Å²) < 4.78 is 2.37. The number of hydrogen-bond donors (Lipinski definition) is 3. The van der Waals surface area contributed by atoms with E-state index >= 15 is 0 Å². The van der Waals surface area contributed by atoms with Crippen molar-refractivity contribution in [2.24, 2.45) is 0 Å². The first-order valence-corrected chi connectivity index (χ1v) is 11.0. The molecule has 0 saturated carbocycles. The maximum Gasteiger partial charge on any atom is 0.291 e. The van der Waals surface area contributed by atoms with Gasteiger partial charge in [-0.2, -0.15) is 4.68 Å². The third-order valence-electron chi connectivity index (χ3n) is 5.35. The summed E-state index contributed by atoms with van der Waals surface area (Å²) in [5.41, 5.74) is 1.43. The number of benzene rings is 3. The van der Waals surface area contributed by atoms with Gasteiger partial charge in [0, 0.05) is 10.1 Å². The molecule has 0 saturated heterocycles. The number of carbonyl (C=O) groups excluding carboxylic acids is 1. The van der Waals surface area contributed by atoms with Gasteiger partial charge in [0.25, 0.3) is 11.5 Å². The summed E-state index contributed by atoms with van der Waals surface area (Å²) in [4.78, 5) is 29.8. The number of nitrogens with one attached hydrogen (secondary N) is 2. The molecule has 2 aromatic heterocycles. The van der Waals surface area contributed by atoms with Crippen LogP contribution in [0.3, 0.4) is 0 Å². The molecule has 3 aromatic carbocycles. The molecule has 0 aliphatic heterocycles. The minimum Gasteiger partial charge on any atom is -0.372 e. The topological polar surface area (TPSA) is 87.1 Å². The number of aliphatic hydroxyl groups is 1. The molecule has 2 heterocycles. The molecule has 6 nitrogen and oxygen atoms in total. The Balaban J connectivity index is 1.65. The van der Waals surface area contributed by atoms with Crippen molar-refractivity contribution in [1.82, 2.24) is 9.66 Å². The third kappa shape index (κ3) is 3.16. The van der Waals surface area contributed by atoms with E-state index in [4.69, 9.17) is 12.2 Å². The van der Waals surface area contributed by atoms with Crippen molar-refractivity contribution in [3.05, 3.63) is 111 Å². The van der Waals surface area contributed by atoms with Gasteiger partial charge in [-0.3, -0.25) is 15.0 Å². The minimum absolute atomic E-state index is 0.0304. The Bertz CT molecular complexity index is 1530. The fourth-order valence-corrected chi connectivity index (χ4v) is 5.07. The first kappa shape index (κ1) is 20.3. The van der Waals surface area contributed by atoms with E-state index in [0.717, 1.165) is 14.8 Å². The maximum atomic E-state index is 13.5. The van der Waals surface area contributed by atoms with Gasteiger partial charge in [0.05, 0.1) is 5.52 Å². The highest BCUT2D eigenvalue weighted by molar-refractivity contribution is 7.71. The molecule has 5 aromatic rings. The van der Waals surface area contributed by atoms with Crippen molar-refractivity contribution in [1.29, 1.82) is 0 Å². The number of fused-ring (bicyclic) bond motifs is 3. The molecule has 3 N–H and O–H groups in total. The highest BCUT2D eigenvalue weighted by Gasteiger charge is 2.40. The molecule has 0 radical (unpaired) electrons. The number of hydrogen-bond acceptors (Lipinski definition) is 5. The second-order valence-corrected chi connectivity index (χ2v) is 8.70. The number of aromatic nitrogens is 2. The van der Waals surface area contributed by atoms with E-state index in [-0.39, 0.29) is 4.77 Å². The Morgan fingerprint density at radius 2 is 1.50 bits per heavy atom. The Morgan fingerprint density at radius 1 is 0.938 bits per heavy atom. The van der Waals surface area contributed by atoms with Crippen LogP contribution >= 0.6 is 23.6 Å². The van der Waals surface area contributed by atoms with Crippen molar-refractivity contribution < 1.29 is 9.90 Å². The van der Waals surface area contributed by atoms with Crippen LogP contribution in [-0.2, 0) is 10.4 Å². The number of H-pyrrole nitrogens is 1. The van der Waals surface area contributed by atoms with Crippen LogP contribution in [0.2, 0.25) is 0 Å². The molecule has 0 atom stereocenters. The summed E-state index contributed by atoms with van der Waals surface area (Å²) in [5, 5.41) is 12.5. The number of carbonyl (C=O) groups is 1. The average molecular weight is 460 g/mol. The number of nitrogens with zero attached hydrogens (tertiary/aromatic N) is 1. The Morgan fingerprint density at radius 3 is 2.12 bits per heavy atom. The normalized spacial score (nSPS) is 11.7. The lowest BCUT2D eigenvalue weighted by Crippen LogP contribution is -2.47. The number of aromatic amines is 1. The molecule has 5 rings (SSSR count). The van der Waals surface area contributed by atoms with Crippen LogP contribution < -0.4 is 11.0 Å². The van der Waals surface area contributed by atoms with Crippen LogP contribution in [0.4, 0.5) is 0 Å². The van der Waals surface area contributed by atoms with E-state index in [2.05, 4.69) is 10.4 Å². The molecule has 0 aliphatic carbocycles. The van der Waals surface area contributed by atoms with Gasteiger partial charge in [-0.25, -0.2) is 0 Å². The van der Waals surface area contributed by atoms with Crippen molar-refractivity contribution >= 4 is 49.8 Å². The van der Waals surface area contributed by atoms with E-state index in [1.807, 2.05) is 24.3 Å². The Kier molecular flexibility index (Phi) is 4.97. The molecule has 1 amide bonds. The summed E-state index contributed by atoms with van der Waals surface area (Å²) in [5.74, 6) is -0.794. The van der Waals surface area contributed by atoms with Crippen LogP contribution in [0, 0.1) is 4.77 Å². The van der Waals surface area contributed by atoms with Gasteiger partial charge in [-0.05, 0) is 29.4 Å². The molecule has 158 valence electrons. The van der Waals surface area contributed by atoms with Crippen LogP contribution in [-0.4, -0.2) is 20.7 Å². The predicted molar refractivity (Wildman–Crippen MR) is 129 cm³/mol. The van der Waals surface area contributed by atoms with Crippen molar-refractivity contribution in [2.75, 3.05) is 5.43 Å². The summed E-state index contributed by atoms with van der Waals surface area (Å²) in [6.07, 6.45) is 0. The standard InChI is InChI=1S/C24H17N3O3S2/c28-21-20-19(17-13-7-8-14-18(17)32-20)25-23(31)27(21)26-22(29)24(30,15-9-3-1-4-10-15)16-11-5-2-6-12-16/h1-14,30H,(H,25,31)(H,26,29). The average Bonchev–Trinajstić information content (AvgIpc) is 3.21. The zero-order chi connectivity index (χ0) is 22.3. The van der Waals surface area contributed by atoms with Crippen LogP contribution in [0.15, 0.2) is 89.7 Å². The van der Waals surface area contributed by atoms with Gasteiger partial charge in [0.15, 0.2) is 10.4 Å². The van der Waals surface area contributed by atoms with Crippen molar-refractivity contribution in [3.63, 3.8) is 0 Å². The van der Waals surface area contributed by atoms with Gasteiger partial charge in [-0.15, -0.1) is 11.3 Å². The molecule has 0 fully saturated rings. The van der Waals surface area contributed by atoms with Gasteiger partial charge >= 0.3 is 0 Å². The molecule has 0 spiro atoms. The largest absolute Gasteiger partial charge is 0.372 e. The SMILES string of the molecule is O=C(Nn1c(=S)[nH]c2c(sc3ccccc32)c1=O)C(O)(c1ccccc1)c1ccccc1. The Hall–Kier alpha value is -3.59. The summed E-state index contributed by atoms with van der Waals surface area (Å²) in [6, 6.07) is 24.8. The van der Waals surface area contributed by atoms with Gasteiger partial charge in [0.1, 0.15) is 4.70 Å². The van der Waals surface area contributed by atoms with Gasteiger partial charge in [-0.1, -0.05) is 78.9 Å². The summed E-state index contributed by atoms with van der Waals surface area (Å²) in [7, 11) is 0. The van der Waals surface area contributed by atoms with Crippen LogP contribution in [0.5, 0.6) is 0 Å². The quantitative estimate of drug-likeness (QED) is 0.350. The Labute approximate surface area is 191 Å². The van der Waals surface area contributed by atoms with Gasteiger partial charge < -0.3 is 10.1 Å². The summed E-state index contributed by atoms with van der Waals surface area (Å²) in [6.45, 7) is 0. The fourth-order valence-electron chi connectivity index (χ4n) is 3.75. The second-order valence-electron chi connectivity index (χ2n) is 7.26. The lowest BCUT2D eigenvalue weighted by atomic mass is 9.85. The van der Waals surface area contributed by atoms with Crippen LogP contribution in [0.25, 0.3) is 20.3 Å². The molecule has 0 aliphatic rings. The maximum absolute atomic E-state index is 13.5. The first-order chi connectivity index (χ1) is 15.5. The smallest absolute Gasteiger partial charge is 0.291 e. The molecule has 0 bridgehead atoms. The summed E-state index contributed by atoms with van der Waals surface area (Å²) >= 11 is 6.70. The zero-order valence-corrected chi connectivity index (χ0v) is 18.2. The van der Waals surface area contributed by atoms with E-state index in [1.165, 1.54) is 11.3 Å². The lowest BCUT2D eigenvalue weighted by Gasteiger charge is -2.28. The van der Waals surface area contributed by atoms with Crippen molar-refractivity contribution in [3.8, 4) is 0 Å². The molecule has 0 unspecified atom stereocenters. The minimum atomic E-state index is -2.03. The molecular weight excluding hydrogens is 442 g/mol. The number of rotatable bonds is 4. The monoisotopic (exact) mass is 459 g/mol. The fraction of sp³-hybridized carbons (Fsp3) is 0.0417. The first-order valence-electron chi connectivity index (χ1n) is 9.81. The number of thiophene rings is 1. The van der Waals surface area contributed by atoms with Crippen LogP contribution in [0.1, 0.15) is 11.1 Å². The highest BCUT2D eigenvalue weighted by atomic mass is 32.1. The molecule has 32 heavy (non-hydrogen) atoms. The molecule has 8 heteroatoms. The van der Waals surface area contributed by atoms with E-state index in [1.54, 1.807) is 60.7 Å². The second kappa shape index (κ2) is 7.83. The predicted octanol–water partition coefficient (Wildman–Crippen LogP) is 4.28. The number of amides is 1. The third-order valence-corrected chi connectivity index (χ3v) is 6.80. The van der Waals surface area contributed by atoms with E-state index in [9.17, 15) is 14.7 Å².